The van der Waals surface area contributed by atoms with Gasteiger partial charge in [-0.1, -0.05) is 12.2 Å². The fraction of sp³-hybridized carbons (Fsp3) is 0.429. The number of hydrogen-bond acceptors (Lipinski definition) is 2. The molecule has 0 fully saturated rings. The minimum Gasteiger partial charge on any atom is -0.399 e. The topological polar surface area (TPSA) is 52.0 Å². The van der Waals surface area contributed by atoms with E-state index in [4.69, 9.17) is 11.5 Å². The van der Waals surface area contributed by atoms with Crippen LogP contribution < -0.4 is 11.5 Å². The molecule has 0 aromatic heterocycles. The Kier molecular flexibility index (Phi) is 3.80. The standard InChI is InChI=1S/C7H14N2/c1-3-6(5-8)7(9)4-2/h3-4H,5,8-9H2,1-2H3/b6-3-,7-4+. The first-order valence-electron chi connectivity index (χ1n) is 3.03. The van der Waals surface area contributed by atoms with Crippen LogP contribution in [0.15, 0.2) is 23.4 Å². The molecule has 0 heterocycles. The van der Waals surface area contributed by atoms with Crippen molar-refractivity contribution in [1.82, 2.24) is 0 Å². The summed E-state index contributed by atoms with van der Waals surface area (Å²) in [5.74, 6) is 0. The van der Waals surface area contributed by atoms with Gasteiger partial charge in [-0.25, -0.2) is 0 Å². The lowest BCUT2D eigenvalue weighted by molar-refractivity contribution is 1.11. The molecule has 0 unspecified atom stereocenters. The van der Waals surface area contributed by atoms with Crippen molar-refractivity contribution in [2.24, 2.45) is 11.5 Å². The number of rotatable bonds is 2. The molecule has 4 N–H and O–H groups in total. The molecule has 0 spiro atoms. The summed E-state index contributed by atoms with van der Waals surface area (Å²) in [6, 6.07) is 0. The Labute approximate surface area is 56.2 Å². The van der Waals surface area contributed by atoms with E-state index in [0.29, 0.717) is 6.54 Å². The lowest BCUT2D eigenvalue weighted by Gasteiger charge is -2.01. The van der Waals surface area contributed by atoms with Crippen molar-refractivity contribution in [3.8, 4) is 0 Å². The van der Waals surface area contributed by atoms with Gasteiger partial charge in [0, 0.05) is 12.2 Å². The number of nitrogens with two attached hydrogens (primary N) is 2. The van der Waals surface area contributed by atoms with Crippen molar-refractivity contribution in [3.63, 3.8) is 0 Å². The normalized spacial score (nSPS) is 14.1. The summed E-state index contributed by atoms with van der Waals surface area (Å²) < 4.78 is 0. The van der Waals surface area contributed by atoms with E-state index in [1.54, 1.807) is 0 Å². The van der Waals surface area contributed by atoms with Gasteiger partial charge in [0.25, 0.3) is 0 Å². The van der Waals surface area contributed by atoms with Crippen molar-refractivity contribution in [2.45, 2.75) is 13.8 Å². The quantitative estimate of drug-likeness (QED) is 0.536. The summed E-state index contributed by atoms with van der Waals surface area (Å²) >= 11 is 0. The second-order valence-electron chi connectivity index (χ2n) is 1.76. The largest absolute Gasteiger partial charge is 0.399 e. The molecule has 0 aromatic rings. The van der Waals surface area contributed by atoms with Crippen LogP contribution in [-0.2, 0) is 0 Å². The number of allylic oxidation sites excluding steroid dienone is 2. The molecule has 0 saturated carbocycles. The van der Waals surface area contributed by atoms with Crippen LogP contribution in [0.25, 0.3) is 0 Å². The predicted molar refractivity (Wildman–Crippen MR) is 40.8 cm³/mol. The van der Waals surface area contributed by atoms with Gasteiger partial charge in [0.05, 0.1) is 0 Å². The first-order valence-corrected chi connectivity index (χ1v) is 3.03. The average Bonchev–Trinajstić information content (AvgIpc) is 1.90. The highest BCUT2D eigenvalue weighted by Gasteiger charge is 1.92. The van der Waals surface area contributed by atoms with Crippen molar-refractivity contribution in [3.05, 3.63) is 23.4 Å². The highest BCUT2D eigenvalue weighted by Crippen LogP contribution is 1.99. The predicted octanol–water partition coefficient (Wildman–Crippen LogP) is 0.754. The molecule has 0 bridgehead atoms. The molecule has 0 aliphatic rings. The molecule has 52 valence electrons. The average molecular weight is 126 g/mol. The Morgan fingerprint density at radius 1 is 1.33 bits per heavy atom. The van der Waals surface area contributed by atoms with Crippen molar-refractivity contribution in [1.29, 1.82) is 0 Å². The summed E-state index contributed by atoms with van der Waals surface area (Å²) in [6.45, 7) is 4.35. The summed E-state index contributed by atoms with van der Waals surface area (Å²) in [4.78, 5) is 0. The van der Waals surface area contributed by atoms with Gasteiger partial charge in [-0.2, -0.15) is 0 Å². The van der Waals surface area contributed by atoms with Gasteiger partial charge in [0.1, 0.15) is 0 Å². The first kappa shape index (κ1) is 8.24. The highest BCUT2D eigenvalue weighted by atomic mass is 14.6. The van der Waals surface area contributed by atoms with Gasteiger partial charge in [0.15, 0.2) is 0 Å². The summed E-state index contributed by atoms with van der Waals surface area (Å²) in [5.41, 5.74) is 12.7. The van der Waals surface area contributed by atoms with Gasteiger partial charge in [-0.05, 0) is 19.4 Å². The van der Waals surface area contributed by atoms with Crippen LogP contribution >= 0.6 is 0 Å². The van der Waals surface area contributed by atoms with Crippen LogP contribution in [0.4, 0.5) is 0 Å². The van der Waals surface area contributed by atoms with E-state index in [2.05, 4.69) is 0 Å². The van der Waals surface area contributed by atoms with Crippen LogP contribution in [-0.4, -0.2) is 6.54 Å². The fourth-order valence-corrected chi connectivity index (χ4v) is 0.588. The molecule has 0 atom stereocenters. The van der Waals surface area contributed by atoms with E-state index in [1.165, 1.54) is 0 Å². The molecule has 0 aliphatic heterocycles. The maximum absolute atomic E-state index is 5.55. The van der Waals surface area contributed by atoms with Gasteiger partial charge in [0.2, 0.25) is 0 Å². The molecule has 0 aliphatic carbocycles. The molecule has 0 radical (unpaired) electrons. The summed E-state index contributed by atoms with van der Waals surface area (Å²) in [6.07, 6.45) is 3.78. The molecular formula is C7H14N2. The first-order chi connectivity index (χ1) is 4.26. The zero-order chi connectivity index (χ0) is 7.28. The smallest absolute Gasteiger partial charge is 0.0312 e. The fourth-order valence-electron chi connectivity index (χ4n) is 0.588. The third-order valence-electron chi connectivity index (χ3n) is 1.25. The number of hydrogen-bond donors (Lipinski definition) is 2. The second kappa shape index (κ2) is 4.15. The van der Waals surface area contributed by atoms with E-state index in [-0.39, 0.29) is 0 Å². The lowest BCUT2D eigenvalue weighted by Crippen LogP contribution is -2.10. The summed E-state index contributed by atoms with van der Waals surface area (Å²) in [5, 5.41) is 0. The minimum atomic E-state index is 0.521. The SMILES string of the molecule is C/C=C(CN)\C(N)=C/C. The van der Waals surface area contributed by atoms with Crippen molar-refractivity contribution in [2.75, 3.05) is 6.54 Å². The Bertz CT molecular complexity index is 134. The molecule has 9 heavy (non-hydrogen) atoms. The van der Waals surface area contributed by atoms with Gasteiger partial charge in [-0.3, -0.25) is 0 Å². The Morgan fingerprint density at radius 3 is 2.00 bits per heavy atom. The molecular weight excluding hydrogens is 112 g/mol. The Hall–Kier alpha value is -0.760. The van der Waals surface area contributed by atoms with Crippen LogP contribution in [0.2, 0.25) is 0 Å². The summed E-state index contributed by atoms with van der Waals surface area (Å²) in [7, 11) is 0. The van der Waals surface area contributed by atoms with Crippen molar-refractivity contribution >= 4 is 0 Å². The van der Waals surface area contributed by atoms with Crippen LogP contribution in [0.1, 0.15) is 13.8 Å². The Balaban J connectivity index is 4.14. The van der Waals surface area contributed by atoms with Crippen molar-refractivity contribution < 1.29 is 0 Å². The Morgan fingerprint density at radius 2 is 1.89 bits per heavy atom. The molecule has 0 rings (SSSR count). The van der Waals surface area contributed by atoms with Gasteiger partial charge < -0.3 is 11.5 Å². The molecule has 0 amide bonds. The molecule has 2 heteroatoms. The maximum Gasteiger partial charge on any atom is 0.0312 e. The van der Waals surface area contributed by atoms with Gasteiger partial charge >= 0.3 is 0 Å². The lowest BCUT2D eigenvalue weighted by atomic mass is 10.2. The van der Waals surface area contributed by atoms with E-state index < -0.39 is 0 Å². The highest BCUT2D eigenvalue weighted by molar-refractivity contribution is 5.27. The molecule has 0 saturated heterocycles. The van der Waals surface area contributed by atoms with E-state index in [9.17, 15) is 0 Å². The van der Waals surface area contributed by atoms with Crippen LogP contribution in [0.5, 0.6) is 0 Å². The minimum absolute atomic E-state index is 0.521. The third-order valence-corrected chi connectivity index (χ3v) is 1.25. The zero-order valence-electron chi connectivity index (χ0n) is 6.02. The van der Waals surface area contributed by atoms with Crippen LogP contribution in [0, 0.1) is 0 Å². The molecule has 0 aromatic carbocycles. The second-order valence-corrected chi connectivity index (χ2v) is 1.76. The third kappa shape index (κ3) is 2.33. The van der Waals surface area contributed by atoms with E-state index in [0.717, 1.165) is 11.3 Å². The molecule has 2 nitrogen and oxygen atoms in total. The maximum atomic E-state index is 5.55. The van der Waals surface area contributed by atoms with Gasteiger partial charge in [-0.15, -0.1) is 0 Å². The monoisotopic (exact) mass is 126 g/mol. The zero-order valence-corrected chi connectivity index (χ0v) is 6.02. The van der Waals surface area contributed by atoms with Crippen LogP contribution in [0.3, 0.4) is 0 Å². The van der Waals surface area contributed by atoms with E-state index in [1.807, 2.05) is 26.0 Å². The van der Waals surface area contributed by atoms with E-state index >= 15 is 0 Å².